The quantitative estimate of drug-likeness (QED) is 0.792. The molecule has 1 N–H and O–H groups in total. The van der Waals surface area contributed by atoms with Crippen molar-refractivity contribution in [3.8, 4) is 17.2 Å². The molecule has 2 aromatic rings. The number of aromatic hydroxyl groups is 1. The van der Waals surface area contributed by atoms with Gasteiger partial charge in [-0.05, 0) is 76.3 Å². The van der Waals surface area contributed by atoms with E-state index in [2.05, 4.69) is 15.9 Å². The van der Waals surface area contributed by atoms with Crippen molar-refractivity contribution in [2.45, 2.75) is 12.8 Å². The van der Waals surface area contributed by atoms with Crippen LogP contribution in [-0.2, 0) is 6.42 Å². The number of benzene rings is 2. The van der Waals surface area contributed by atoms with Gasteiger partial charge in [0.1, 0.15) is 5.75 Å². The molecule has 0 bridgehead atoms. The van der Waals surface area contributed by atoms with Gasteiger partial charge in [0.25, 0.3) is 0 Å². The molecule has 0 aliphatic heterocycles. The molecule has 5 heteroatoms. The van der Waals surface area contributed by atoms with Gasteiger partial charge in [0.2, 0.25) is 0 Å². The number of phenolic OH excluding ortho intramolecular Hbond substituents is 1. The Morgan fingerprint density at radius 3 is 2.62 bits per heavy atom. The van der Waals surface area contributed by atoms with Gasteiger partial charge in [0.15, 0.2) is 17.3 Å². The Kier molecular flexibility index (Phi) is 4.62. The van der Waals surface area contributed by atoms with Gasteiger partial charge >= 0.3 is 0 Å². The maximum atomic E-state index is 12.7. The molecule has 0 heterocycles. The molecule has 0 atom stereocenters. The molecule has 0 spiro atoms. The molecule has 0 aromatic heterocycles. The van der Waals surface area contributed by atoms with Crippen LogP contribution in [0.25, 0.3) is 6.08 Å². The molecule has 0 saturated heterocycles. The molecule has 1 aliphatic rings. The van der Waals surface area contributed by atoms with Crippen LogP contribution in [0.1, 0.15) is 27.9 Å². The van der Waals surface area contributed by atoms with E-state index in [0.29, 0.717) is 16.6 Å². The number of methoxy groups -OCH3 is 2. The number of halogens is 1. The third-order valence-electron chi connectivity index (χ3n) is 4.12. The molecule has 4 nitrogen and oxygen atoms in total. The first-order valence-electron chi connectivity index (χ1n) is 7.52. The van der Waals surface area contributed by atoms with Crippen LogP contribution in [0.2, 0.25) is 0 Å². The van der Waals surface area contributed by atoms with Gasteiger partial charge in [-0.2, -0.15) is 0 Å². The number of aryl methyl sites for hydroxylation is 1. The van der Waals surface area contributed by atoms with Crippen molar-refractivity contribution in [3.63, 3.8) is 0 Å². The smallest absolute Gasteiger partial charge is 0.189 e. The lowest BCUT2D eigenvalue weighted by atomic mass is 9.86. The number of hydrogen-bond acceptors (Lipinski definition) is 4. The molecule has 0 radical (unpaired) electrons. The molecule has 3 rings (SSSR count). The third kappa shape index (κ3) is 3.04. The predicted octanol–water partition coefficient (Wildman–Crippen LogP) is 4.38. The second-order valence-corrected chi connectivity index (χ2v) is 6.43. The summed E-state index contributed by atoms with van der Waals surface area (Å²) in [6.07, 6.45) is 3.31. The molecule has 1 aliphatic carbocycles. The minimum atomic E-state index is 0.0297. The lowest BCUT2D eigenvalue weighted by Crippen LogP contribution is -2.14. The SMILES string of the molecule is COc1ccc2c(c1)CC/C(=C\c1cc(Br)c(O)c(OC)c1)C2=O. The van der Waals surface area contributed by atoms with Crippen LogP contribution in [0.3, 0.4) is 0 Å². The fourth-order valence-electron chi connectivity index (χ4n) is 2.85. The predicted molar refractivity (Wildman–Crippen MR) is 96.0 cm³/mol. The largest absolute Gasteiger partial charge is 0.503 e. The van der Waals surface area contributed by atoms with Crippen LogP contribution >= 0.6 is 15.9 Å². The van der Waals surface area contributed by atoms with Crippen molar-refractivity contribution in [1.82, 2.24) is 0 Å². The van der Waals surface area contributed by atoms with E-state index in [4.69, 9.17) is 9.47 Å². The average molecular weight is 389 g/mol. The number of allylic oxidation sites excluding steroid dienone is 1. The Balaban J connectivity index is 1.97. The van der Waals surface area contributed by atoms with E-state index in [1.165, 1.54) is 7.11 Å². The number of phenols is 1. The summed E-state index contributed by atoms with van der Waals surface area (Å²) in [5.74, 6) is 1.21. The highest BCUT2D eigenvalue weighted by Crippen LogP contribution is 2.37. The summed E-state index contributed by atoms with van der Waals surface area (Å²) in [4.78, 5) is 12.7. The number of Topliss-reactive ketones (excluding diaryl/α,β-unsaturated/α-hetero) is 1. The van der Waals surface area contributed by atoms with Crippen LogP contribution in [0, 0.1) is 0 Å². The van der Waals surface area contributed by atoms with Gasteiger partial charge in [-0.1, -0.05) is 0 Å². The minimum absolute atomic E-state index is 0.0297. The Labute approximate surface area is 148 Å². The van der Waals surface area contributed by atoms with Crippen molar-refractivity contribution in [2.24, 2.45) is 0 Å². The molecule has 24 heavy (non-hydrogen) atoms. The zero-order chi connectivity index (χ0) is 17.3. The van der Waals surface area contributed by atoms with Crippen molar-refractivity contribution in [1.29, 1.82) is 0 Å². The zero-order valence-electron chi connectivity index (χ0n) is 13.4. The maximum absolute atomic E-state index is 12.7. The summed E-state index contributed by atoms with van der Waals surface area (Å²) in [7, 11) is 3.11. The highest BCUT2D eigenvalue weighted by molar-refractivity contribution is 9.10. The minimum Gasteiger partial charge on any atom is -0.503 e. The Morgan fingerprint density at radius 2 is 1.92 bits per heavy atom. The van der Waals surface area contributed by atoms with E-state index in [1.807, 2.05) is 18.2 Å². The van der Waals surface area contributed by atoms with E-state index in [1.54, 1.807) is 25.3 Å². The van der Waals surface area contributed by atoms with Crippen LogP contribution in [0.4, 0.5) is 0 Å². The van der Waals surface area contributed by atoms with Gasteiger partial charge in [0, 0.05) is 11.1 Å². The fourth-order valence-corrected chi connectivity index (χ4v) is 3.31. The lowest BCUT2D eigenvalue weighted by Gasteiger charge is -2.18. The lowest BCUT2D eigenvalue weighted by molar-refractivity contribution is 0.102. The maximum Gasteiger partial charge on any atom is 0.189 e. The Hall–Kier alpha value is -2.27. The van der Waals surface area contributed by atoms with Gasteiger partial charge in [-0.25, -0.2) is 0 Å². The summed E-state index contributed by atoms with van der Waals surface area (Å²) >= 11 is 3.30. The van der Waals surface area contributed by atoms with Crippen LogP contribution in [0.5, 0.6) is 17.2 Å². The van der Waals surface area contributed by atoms with E-state index < -0.39 is 0 Å². The highest BCUT2D eigenvalue weighted by Gasteiger charge is 2.22. The standard InChI is InChI=1S/C19H17BrO4/c1-23-14-5-6-15-12(10-14)3-4-13(18(15)21)7-11-8-16(20)19(22)17(9-11)24-2/h5-10,22H,3-4H2,1-2H3/b13-7+. The molecular weight excluding hydrogens is 372 g/mol. The van der Waals surface area contributed by atoms with Gasteiger partial charge in [-0.3, -0.25) is 4.79 Å². The second-order valence-electron chi connectivity index (χ2n) is 5.58. The number of carbonyl (C=O) groups is 1. The van der Waals surface area contributed by atoms with E-state index in [-0.39, 0.29) is 11.5 Å². The number of carbonyl (C=O) groups excluding carboxylic acids is 1. The number of rotatable bonds is 3. The fraction of sp³-hybridized carbons (Fsp3) is 0.211. The molecule has 0 fully saturated rings. The van der Waals surface area contributed by atoms with Gasteiger partial charge in [0.05, 0.1) is 18.7 Å². The zero-order valence-corrected chi connectivity index (χ0v) is 15.0. The first-order valence-corrected chi connectivity index (χ1v) is 8.31. The first kappa shape index (κ1) is 16.6. The molecule has 2 aromatic carbocycles. The van der Waals surface area contributed by atoms with Gasteiger partial charge in [-0.15, -0.1) is 0 Å². The van der Waals surface area contributed by atoms with Crippen molar-refractivity contribution in [3.05, 3.63) is 57.1 Å². The second kappa shape index (κ2) is 6.69. The van der Waals surface area contributed by atoms with Crippen molar-refractivity contribution < 1.29 is 19.4 Å². The van der Waals surface area contributed by atoms with E-state index in [9.17, 15) is 9.90 Å². The summed E-state index contributed by atoms with van der Waals surface area (Å²) < 4.78 is 10.9. The molecule has 124 valence electrons. The molecule has 0 unspecified atom stereocenters. The monoisotopic (exact) mass is 388 g/mol. The van der Waals surface area contributed by atoms with Crippen molar-refractivity contribution >= 4 is 27.8 Å². The molecular formula is C19H17BrO4. The first-order chi connectivity index (χ1) is 11.5. The summed E-state index contributed by atoms with van der Waals surface area (Å²) in [6.45, 7) is 0. The highest BCUT2D eigenvalue weighted by atomic mass is 79.9. The average Bonchev–Trinajstić information content (AvgIpc) is 2.60. The molecule has 0 amide bonds. The Bertz CT molecular complexity index is 840. The van der Waals surface area contributed by atoms with Crippen LogP contribution in [0.15, 0.2) is 40.4 Å². The molecule has 0 saturated carbocycles. The summed E-state index contributed by atoms with van der Waals surface area (Å²) in [6, 6.07) is 9.02. The summed E-state index contributed by atoms with van der Waals surface area (Å²) in [5.41, 5.74) is 3.28. The number of hydrogen-bond donors (Lipinski definition) is 1. The number of fused-ring (bicyclic) bond motifs is 1. The topological polar surface area (TPSA) is 55.8 Å². The normalized spacial score (nSPS) is 15.3. The Morgan fingerprint density at radius 1 is 1.12 bits per heavy atom. The summed E-state index contributed by atoms with van der Waals surface area (Å²) in [5, 5.41) is 9.89. The number of ketones is 1. The van der Waals surface area contributed by atoms with Crippen LogP contribution < -0.4 is 9.47 Å². The third-order valence-corrected chi connectivity index (χ3v) is 4.73. The van der Waals surface area contributed by atoms with Crippen molar-refractivity contribution in [2.75, 3.05) is 14.2 Å². The van der Waals surface area contributed by atoms with Gasteiger partial charge < -0.3 is 14.6 Å². The number of ether oxygens (including phenoxy) is 2. The van der Waals surface area contributed by atoms with E-state index >= 15 is 0 Å². The van der Waals surface area contributed by atoms with E-state index in [0.717, 1.165) is 34.4 Å². The van der Waals surface area contributed by atoms with Crippen LogP contribution in [-0.4, -0.2) is 25.1 Å².